The molecular weight excluding hydrogens is 272 g/mol. The van der Waals surface area contributed by atoms with Crippen LogP contribution in [0.25, 0.3) is 0 Å². The molecule has 0 unspecified atom stereocenters. The number of thioether (sulfide) groups is 1. The molecular formula is C14H14N4OS. The molecule has 2 aromatic rings. The molecule has 102 valence electrons. The first-order chi connectivity index (χ1) is 9.51. The Kier molecular flexibility index (Phi) is 4.20. The van der Waals surface area contributed by atoms with E-state index in [0.717, 1.165) is 17.1 Å². The van der Waals surface area contributed by atoms with Gasteiger partial charge in [0.1, 0.15) is 11.1 Å². The van der Waals surface area contributed by atoms with Gasteiger partial charge < -0.3 is 0 Å². The van der Waals surface area contributed by atoms with Crippen LogP contribution in [0.3, 0.4) is 0 Å². The molecule has 2 rings (SSSR count). The third-order valence-electron chi connectivity index (χ3n) is 2.70. The summed E-state index contributed by atoms with van der Waals surface area (Å²) in [6, 6.07) is 7.44. The number of carbonyl (C=O) groups excluding carboxylic acids is 1. The van der Waals surface area contributed by atoms with Crippen LogP contribution >= 0.6 is 11.8 Å². The van der Waals surface area contributed by atoms with E-state index in [1.165, 1.54) is 16.4 Å². The lowest BCUT2D eigenvalue weighted by Gasteiger charge is -2.05. The minimum absolute atomic E-state index is 0.118. The van der Waals surface area contributed by atoms with Crippen molar-refractivity contribution in [3.63, 3.8) is 0 Å². The zero-order chi connectivity index (χ0) is 14.7. The van der Waals surface area contributed by atoms with Crippen LogP contribution in [-0.4, -0.2) is 26.4 Å². The predicted octanol–water partition coefficient (Wildman–Crippen LogP) is 2.51. The van der Waals surface area contributed by atoms with Crippen LogP contribution in [-0.2, 0) is 0 Å². The summed E-state index contributed by atoms with van der Waals surface area (Å²) in [6.07, 6.45) is 0. The number of pyridine rings is 1. The summed E-state index contributed by atoms with van der Waals surface area (Å²) >= 11 is 1.26. The van der Waals surface area contributed by atoms with Crippen molar-refractivity contribution in [2.45, 2.75) is 25.8 Å². The zero-order valence-corrected chi connectivity index (χ0v) is 12.4. The topological polar surface area (TPSA) is 71.6 Å². The molecule has 2 aromatic heterocycles. The molecule has 0 bridgehead atoms. The summed E-state index contributed by atoms with van der Waals surface area (Å²) in [4.78, 5) is 16.4. The molecule has 0 radical (unpaired) electrons. The van der Waals surface area contributed by atoms with Crippen LogP contribution in [0.4, 0.5) is 0 Å². The Labute approximate surface area is 121 Å². The Morgan fingerprint density at radius 2 is 2.10 bits per heavy atom. The highest BCUT2D eigenvalue weighted by Crippen LogP contribution is 2.20. The normalized spacial score (nSPS) is 10.3. The van der Waals surface area contributed by atoms with E-state index in [1.807, 2.05) is 26.8 Å². The van der Waals surface area contributed by atoms with Gasteiger partial charge in [0.05, 0.1) is 17.0 Å². The smallest absolute Gasteiger partial charge is 0.257 e. The fourth-order valence-corrected chi connectivity index (χ4v) is 2.66. The van der Waals surface area contributed by atoms with Crippen LogP contribution in [0.2, 0.25) is 0 Å². The summed E-state index contributed by atoms with van der Waals surface area (Å²) in [5.74, 6) is 0.0837. The number of nitriles is 1. The minimum Gasteiger partial charge on any atom is -0.272 e. The maximum atomic E-state index is 12.1. The lowest BCUT2D eigenvalue weighted by Crippen LogP contribution is -2.16. The van der Waals surface area contributed by atoms with Crippen LogP contribution in [0.15, 0.2) is 23.2 Å². The van der Waals surface area contributed by atoms with Crippen molar-refractivity contribution >= 4 is 17.7 Å². The zero-order valence-electron chi connectivity index (χ0n) is 11.5. The van der Waals surface area contributed by atoms with E-state index in [1.54, 1.807) is 12.1 Å². The fourth-order valence-electron chi connectivity index (χ4n) is 1.80. The molecule has 0 fully saturated rings. The van der Waals surface area contributed by atoms with Crippen molar-refractivity contribution in [2.24, 2.45) is 0 Å². The molecule has 0 aliphatic carbocycles. The number of aryl methyl sites for hydroxylation is 3. The highest BCUT2D eigenvalue weighted by Gasteiger charge is 2.13. The third kappa shape index (κ3) is 3.06. The predicted molar refractivity (Wildman–Crippen MR) is 76.7 cm³/mol. The van der Waals surface area contributed by atoms with Crippen molar-refractivity contribution in [1.29, 1.82) is 5.26 Å². The monoisotopic (exact) mass is 286 g/mol. The molecule has 0 saturated heterocycles. The molecule has 0 saturated carbocycles. The van der Waals surface area contributed by atoms with Gasteiger partial charge in [0, 0.05) is 11.4 Å². The minimum atomic E-state index is -0.118. The maximum Gasteiger partial charge on any atom is 0.257 e. The Balaban J connectivity index is 2.13. The van der Waals surface area contributed by atoms with Crippen LogP contribution in [0.1, 0.15) is 27.4 Å². The molecule has 6 heteroatoms. The first-order valence-electron chi connectivity index (χ1n) is 6.08. The Hall–Kier alpha value is -2.13. The van der Waals surface area contributed by atoms with Gasteiger partial charge in [0.15, 0.2) is 0 Å². The van der Waals surface area contributed by atoms with Gasteiger partial charge in [-0.2, -0.15) is 10.4 Å². The van der Waals surface area contributed by atoms with Gasteiger partial charge in [-0.05, 0) is 39.0 Å². The molecule has 0 aliphatic rings. The van der Waals surface area contributed by atoms with E-state index < -0.39 is 0 Å². The Morgan fingerprint density at radius 3 is 2.70 bits per heavy atom. The third-order valence-corrected chi connectivity index (χ3v) is 3.67. The first kappa shape index (κ1) is 14.3. The van der Waals surface area contributed by atoms with E-state index >= 15 is 0 Å². The van der Waals surface area contributed by atoms with Gasteiger partial charge in [-0.25, -0.2) is 9.67 Å². The van der Waals surface area contributed by atoms with Gasteiger partial charge in [-0.1, -0.05) is 11.8 Å². The molecule has 0 amide bonds. The number of hydrogen-bond donors (Lipinski definition) is 0. The molecule has 0 spiro atoms. The van der Waals surface area contributed by atoms with E-state index in [4.69, 9.17) is 5.26 Å². The second kappa shape index (κ2) is 5.88. The van der Waals surface area contributed by atoms with Gasteiger partial charge in [0.2, 0.25) is 0 Å². The molecule has 0 aromatic carbocycles. The SMILES string of the molecule is Cc1ccc(C#N)c(SCC(=O)n2nc(C)cc2C)n1. The van der Waals surface area contributed by atoms with E-state index in [9.17, 15) is 4.79 Å². The standard InChI is InChI=1S/C14H14N4OS/c1-9-4-5-12(7-15)14(16-9)20-8-13(19)18-11(3)6-10(2)17-18/h4-6H,8H2,1-3H3. The van der Waals surface area contributed by atoms with Crippen molar-refractivity contribution < 1.29 is 4.79 Å². The van der Waals surface area contributed by atoms with Gasteiger partial charge >= 0.3 is 0 Å². The van der Waals surface area contributed by atoms with Crippen molar-refractivity contribution in [1.82, 2.24) is 14.8 Å². The second-order valence-corrected chi connectivity index (χ2v) is 5.40. The summed E-state index contributed by atoms with van der Waals surface area (Å²) in [7, 11) is 0. The average molecular weight is 286 g/mol. The largest absolute Gasteiger partial charge is 0.272 e. The molecule has 0 N–H and O–H groups in total. The summed E-state index contributed by atoms with van der Waals surface area (Å²) < 4.78 is 1.39. The van der Waals surface area contributed by atoms with E-state index in [0.29, 0.717) is 10.6 Å². The van der Waals surface area contributed by atoms with E-state index in [-0.39, 0.29) is 11.7 Å². The highest BCUT2D eigenvalue weighted by atomic mass is 32.2. The van der Waals surface area contributed by atoms with Gasteiger partial charge in [-0.3, -0.25) is 4.79 Å². The number of rotatable bonds is 3. The van der Waals surface area contributed by atoms with Crippen LogP contribution in [0, 0.1) is 32.1 Å². The van der Waals surface area contributed by atoms with Gasteiger partial charge in [-0.15, -0.1) is 0 Å². The second-order valence-electron chi connectivity index (χ2n) is 4.44. The number of aromatic nitrogens is 3. The maximum absolute atomic E-state index is 12.1. The van der Waals surface area contributed by atoms with Crippen LogP contribution in [0.5, 0.6) is 0 Å². The van der Waals surface area contributed by atoms with Crippen molar-refractivity contribution in [2.75, 3.05) is 5.75 Å². The molecule has 5 nitrogen and oxygen atoms in total. The summed E-state index contributed by atoms with van der Waals surface area (Å²) in [5, 5.41) is 13.8. The first-order valence-corrected chi connectivity index (χ1v) is 7.07. The Bertz CT molecular complexity index is 700. The summed E-state index contributed by atoms with van der Waals surface area (Å²) in [6.45, 7) is 5.54. The number of hydrogen-bond acceptors (Lipinski definition) is 5. The van der Waals surface area contributed by atoms with Crippen molar-refractivity contribution in [3.8, 4) is 6.07 Å². The fraction of sp³-hybridized carbons (Fsp3) is 0.286. The summed E-state index contributed by atoms with van der Waals surface area (Å²) in [5.41, 5.74) is 2.94. The quantitative estimate of drug-likeness (QED) is 0.811. The molecule has 0 atom stereocenters. The molecule has 20 heavy (non-hydrogen) atoms. The Morgan fingerprint density at radius 1 is 1.35 bits per heavy atom. The average Bonchev–Trinajstić information content (AvgIpc) is 2.75. The molecule has 2 heterocycles. The molecule has 0 aliphatic heterocycles. The lowest BCUT2D eigenvalue weighted by molar-refractivity contribution is 0.0924. The number of carbonyl (C=O) groups is 1. The van der Waals surface area contributed by atoms with Gasteiger partial charge in [0.25, 0.3) is 5.91 Å². The lowest BCUT2D eigenvalue weighted by atomic mass is 10.3. The van der Waals surface area contributed by atoms with E-state index in [2.05, 4.69) is 16.2 Å². The number of nitrogens with zero attached hydrogens (tertiary/aromatic N) is 4. The van der Waals surface area contributed by atoms with Crippen molar-refractivity contribution in [3.05, 3.63) is 40.8 Å². The highest BCUT2D eigenvalue weighted by molar-refractivity contribution is 8.00. The van der Waals surface area contributed by atoms with Crippen LogP contribution < -0.4 is 0 Å².